The van der Waals surface area contributed by atoms with E-state index in [1.807, 2.05) is 0 Å². The lowest BCUT2D eigenvalue weighted by Crippen LogP contribution is -2.60. The largest absolute Gasteiger partial charge is 0.508 e. The molecule has 0 radical (unpaired) electrons. The molecule has 13 nitrogen and oxygen atoms in total. The molecule has 0 saturated carbocycles. The van der Waals surface area contributed by atoms with Gasteiger partial charge in [-0.3, -0.25) is 4.79 Å². The monoisotopic (exact) mass is 596 g/mol. The Kier molecular flexibility index (Phi) is 8.41. The van der Waals surface area contributed by atoms with Crippen LogP contribution >= 0.6 is 0 Å². The Balaban J connectivity index is 1.26. The van der Waals surface area contributed by atoms with Crippen molar-refractivity contribution in [1.82, 2.24) is 0 Å². The number of carbonyl (C=O) groups is 2. The van der Waals surface area contributed by atoms with E-state index in [1.54, 1.807) is 12.1 Å². The molecule has 2 heterocycles. The molecule has 0 amide bonds. The number of aromatic hydroxyl groups is 4. The zero-order valence-electron chi connectivity index (χ0n) is 22.3. The third-order valence-corrected chi connectivity index (χ3v) is 6.96. The first-order valence-electron chi connectivity index (χ1n) is 13.1. The van der Waals surface area contributed by atoms with Crippen LogP contribution < -0.4 is 9.47 Å². The Morgan fingerprint density at radius 1 is 0.884 bits per heavy atom. The molecule has 43 heavy (non-hydrogen) atoms. The summed E-state index contributed by atoms with van der Waals surface area (Å²) in [6.07, 6.45) is -6.54. The van der Waals surface area contributed by atoms with E-state index in [0.717, 1.165) is 12.1 Å². The quantitative estimate of drug-likeness (QED) is 0.118. The Labute approximate surface area is 244 Å². The van der Waals surface area contributed by atoms with Gasteiger partial charge in [0.2, 0.25) is 6.29 Å². The van der Waals surface area contributed by atoms with Gasteiger partial charge in [-0.15, -0.1) is 0 Å². The average Bonchev–Trinajstić information content (AvgIpc) is 2.97. The topological polar surface area (TPSA) is 213 Å². The molecule has 0 bridgehead atoms. The number of phenolic OH excluding ortho intramolecular Hbond substituents is 4. The van der Waals surface area contributed by atoms with Crippen molar-refractivity contribution in [2.75, 3.05) is 6.61 Å². The first kappa shape index (κ1) is 29.7. The molecule has 1 saturated heterocycles. The molecule has 0 spiro atoms. The molecule has 6 atom stereocenters. The third kappa shape index (κ3) is 6.49. The molecule has 2 aliphatic heterocycles. The fourth-order valence-corrected chi connectivity index (χ4v) is 4.66. The van der Waals surface area contributed by atoms with Crippen LogP contribution in [-0.4, -0.2) is 84.8 Å². The Bertz CT molecular complexity index is 1530. The van der Waals surface area contributed by atoms with Gasteiger partial charge in [0.25, 0.3) is 0 Å². The zero-order chi connectivity index (χ0) is 30.8. The number of fused-ring (bicyclic) bond motifs is 1. The SMILES string of the molecule is O=C(/C=C/c1ccc(O)c(O)c1)OC[C@H]1O[C@@H](Oc2cc(O)c3c(c2)O[C@H](c2ccc(O)cc2)CC3=O)[C@H](O)[C@@H](O)[C@@H]1O. The van der Waals surface area contributed by atoms with Crippen LogP contribution in [0, 0.1) is 0 Å². The van der Waals surface area contributed by atoms with Crippen LogP contribution in [0.15, 0.2) is 60.7 Å². The van der Waals surface area contributed by atoms with Gasteiger partial charge in [0.05, 0.1) is 6.42 Å². The van der Waals surface area contributed by atoms with Gasteiger partial charge in [0, 0.05) is 18.2 Å². The fraction of sp³-hybridized carbons (Fsp3) is 0.267. The molecule has 0 aromatic heterocycles. The average molecular weight is 597 g/mol. The lowest BCUT2D eigenvalue weighted by Gasteiger charge is -2.40. The summed E-state index contributed by atoms with van der Waals surface area (Å²) in [6, 6.07) is 12.4. The summed E-state index contributed by atoms with van der Waals surface area (Å²) in [5.74, 6) is -2.47. The molecule has 2 aliphatic rings. The van der Waals surface area contributed by atoms with Crippen molar-refractivity contribution in [2.24, 2.45) is 0 Å². The van der Waals surface area contributed by atoms with Crippen LogP contribution in [0.25, 0.3) is 6.08 Å². The van der Waals surface area contributed by atoms with E-state index in [-0.39, 0.29) is 40.7 Å². The molecule has 0 unspecified atom stereocenters. The van der Waals surface area contributed by atoms with Gasteiger partial charge in [-0.2, -0.15) is 0 Å². The van der Waals surface area contributed by atoms with Crippen molar-refractivity contribution in [3.63, 3.8) is 0 Å². The maximum Gasteiger partial charge on any atom is 0.330 e. The molecule has 5 rings (SSSR count). The predicted molar refractivity (Wildman–Crippen MR) is 146 cm³/mol. The normalized spacial score (nSPS) is 25.1. The zero-order valence-corrected chi connectivity index (χ0v) is 22.3. The van der Waals surface area contributed by atoms with Crippen LogP contribution in [0.2, 0.25) is 0 Å². The second kappa shape index (κ2) is 12.2. The predicted octanol–water partition coefficient (Wildman–Crippen LogP) is 1.66. The number of phenols is 4. The molecule has 3 aromatic rings. The summed E-state index contributed by atoms with van der Waals surface area (Å²) in [4.78, 5) is 25.0. The minimum Gasteiger partial charge on any atom is -0.508 e. The molecular formula is C30H28O13. The van der Waals surface area contributed by atoms with E-state index in [0.29, 0.717) is 11.1 Å². The van der Waals surface area contributed by atoms with Crippen LogP contribution in [0.3, 0.4) is 0 Å². The number of esters is 1. The number of rotatable bonds is 7. The summed E-state index contributed by atoms with van der Waals surface area (Å²) in [5.41, 5.74) is 0.934. The first-order valence-corrected chi connectivity index (χ1v) is 13.1. The van der Waals surface area contributed by atoms with Crippen molar-refractivity contribution in [2.45, 2.75) is 43.2 Å². The van der Waals surface area contributed by atoms with Crippen LogP contribution in [0.5, 0.6) is 34.5 Å². The van der Waals surface area contributed by atoms with Gasteiger partial charge < -0.3 is 54.7 Å². The summed E-state index contributed by atoms with van der Waals surface area (Å²) in [6.45, 7) is -0.545. The van der Waals surface area contributed by atoms with Crippen LogP contribution in [-0.2, 0) is 14.3 Å². The van der Waals surface area contributed by atoms with Gasteiger partial charge in [-0.1, -0.05) is 18.2 Å². The van der Waals surface area contributed by atoms with Gasteiger partial charge in [-0.25, -0.2) is 4.79 Å². The number of benzene rings is 3. The van der Waals surface area contributed by atoms with Crippen molar-refractivity contribution in [3.05, 3.63) is 77.4 Å². The maximum atomic E-state index is 12.8. The van der Waals surface area contributed by atoms with Crippen molar-refractivity contribution in [1.29, 1.82) is 0 Å². The Morgan fingerprint density at radius 2 is 1.63 bits per heavy atom. The van der Waals surface area contributed by atoms with Crippen molar-refractivity contribution < 1.29 is 64.3 Å². The van der Waals surface area contributed by atoms with Gasteiger partial charge in [0.1, 0.15) is 65.7 Å². The van der Waals surface area contributed by atoms with E-state index in [1.165, 1.54) is 42.5 Å². The van der Waals surface area contributed by atoms with Crippen molar-refractivity contribution in [3.8, 4) is 34.5 Å². The third-order valence-electron chi connectivity index (χ3n) is 6.96. The van der Waals surface area contributed by atoms with Crippen LogP contribution in [0.4, 0.5) is 0 Å². The number of ether oxygens (including phenoxy) is 4. The van der Waals surface area contributed by atoms with Gasteiger partial charge in [0.15, 0.2) is 17.3 Å². The lowest BCUT2D eigenvalue weighted by atomic mass is 9.95. The molecular weight excluding hydrogens is 568 g/mol. The Hall–Kier alpha value is -4.82. The molecule has 1 fully saturated rings. The summed E-state index contributed by atoms with van der Waals surface area (Å²) in [7, 11) is 0. The lowest BCUT2D eigenvalue weighted by molar-refractivity contribution is -0.278. The summed E-state index contributed by atoms with van der Waals surface area (Å²) in [5, 5.41) is 70.3. The molecule has 13 heteroatoms. The highest BCUT2D eigenvalue weighted by molar-refractivity contribution is 6.02. The molecule has 7 N–H and O–H groups in total. The number of aliphatic hydroxyl groups is 3. The van der Waals surface area contributed by atoms with Crippen LogP contribution in [0.1, 0.15) is 34.0 Å². The number of hydrogen-bond donors (Lipinski definition) is 7. The highest BCUT2D eigenvalue weighted by Crippen LogP contribution is 2.42. The molecule has 226 valence electrons. The van der Waals surface area contributed by atoms with E-state index in [2.05, 4.69) is 0 Å². The first-order chi connectivity index (χ1) is 20.5. The number of ketones is 1. The second-order valence-electron chi connectivity index (χ2n) is 9.98. The number of aliphatic hydroxyl groups excluding tert-OH is 3. The highest BCUT2D eigenvalue weighted by atomic mass is 16.7. The number of hydrogen-bond acceptors (Lipinski definition) is 13. The van der Waals surface area contributed by atoms with E-state index < -0.39 is 60.9 Å². The van der Waals surface area contributed by atoms with E-state index in [9.17, 15) is 45.3 Å². The van der Waals surface area contributed by atoms with E-state index >= 15 is 0 Å². The fourth-order valence-electron chi connectivity index (χ4n) is 4.66. The Morgan fingerprint density at radius 3 is 2.35 bits per heavy atom. The highest BCUT2D eigenvalue weighted by Gasteiger charge is 2.45. The number of carbonyl (C=O) groups excluding carboxylic acids is 2. The number of Topliss-reactive ketones (excluding diaryl/α,β-unsaturated/α-hetero) is 1. The smallest absolute Gasteiger partial charge is 0.330 e. The summed E-state index contributed by atoms with van der Waals surface area (Å²) >= 11 is 0. The molecule has 0 aliphatic carbocycles. The molecule has 3 aromatic carbocycles. The summed E-state index contributed by atoms with van der Waals surface area (Å²) < 4.78 is 22.3. The minimum absolute atomic E-state index is 0.00516. The van der Waals surface area contributed by atoms with Gasteiger partial charge in [-0.05, 0) is 41.5 Å². The standard InChI is InChI=1S/C30H28O13/c31-16-5-3-15(4-6-16)22-12-21(35)26-20(34)10-17(11-23(26)42-22)41-30-29(39)28(38)27(37)24(43-30)13-40-25(36)8-2-14-1-7-18(32)19(33)9-14/h1-11,22,24,27-34,37-39H,12-13H2/b8-2+/t22-,24+,27+,28-,29+,30+/m0/s1. The maximum absolute atomic E-state index is 12.8. The minimum atomic E-state index is -1.76. The van der Waals surface area contributed by atoms with Gasteiger partial charge >= 0.3 is 5.97 Å². The second-order valence-corrected chi connectivity index (χ2v) is 9.98. The van der Waals surface area contributed by atoms with E-state index in [4.69, 9.17) is 18.9 Å². The van der Waals surface area contributed by atoms with Crippen molar-refractivity contribution >= 4 is 17.8 Å².